The molecule has 1 aliphatic rings. The molecule has 3 heterocycles. The van der Waals surface area contributed by atoms with Crippen LogP contribution in [-0.2, 0) is 39.7 Å². The number of fused-ring (bicyclic) bond motifs is 2. The molecule has 1 amide bonds. The molecule has 0 radical (unpaired) electrons. The third-order valence-corrected chi connectivity index (χ3v) is 10.7. The first-order chi connectivity index (χ1) is 25.7. The summed E-state index contributed by atoms with van der Waals surface area (Å²) >= 11 is 0. The van der Waals surface area contributed by atoms with E-state index in [1.807, 2.05) is 52.6 Å². The van der Waals surface area contributed by atoms with Crippen molar-refractivity contribution in [1.82, 2.24) is 19.1 Å². The molecule has 11 heteroatoms. The molecule has 1 unspecified atom stereocenters. The van der Waals surface area contributed by atoms with Crippen molar-refractivity contribution in [3.8, 4) is 16.9 Å². The Hall–Kier alpha value is -4.74. The number of nitrogens with zero attached hydrogens (tertiary/aromatic N) is 5. The van der Waals surface area contributed by atoms with Crippen LogP contribution in [0, 0.1) is 5.92 Å². The minimum absolute atomic E-state index is 0.137. The summed E-state index contributed by atoms with van der Waals surface area (Å²) in [7, 11) is 0.505. The molecule has 0 bridgehead atoms. The molecule has 1 aliphatic heterocycles. The third-order valence-electron chi connectivity index (χ3n) is 9.40. The van der Waals surface area contributed by atoms with E-state index in [9.17, 15) is 9.00 Å². The lowest BCUT2D eigenvalue weighted by atomic mass is 10.00. The monoisotopic (exact) mass is 736 g/mol. The van der Waals surface area contributed by atoms with Crippen LogP contribution in [0.3, 0.4) is 0 Å². The van der Waals surface area contributed by atoms with Gasteiger partial charge < -0.3 is 28.8 Å². The molecule has 53 heavy (non-hydrogen) atoms. The number of carbonyl (C=O) groups excluding carboxylic acids is 1. The third kappa shape index (κ3) is 9.44. The normalized spacial score (nSPS) is 13.5. The number of ether oxygens (including phenoxy) is 2. The molecule has 0 saturated heterocycles. The Morgan fingerprint density at radius 2 is 1.79 bits per heavy atom. The van der Waals surface area contributed by atoms with Crippen LogP contribution in [0.15, 0.2) is 83.9 Å². The van der Waals surface area contributed by atoms with Crippen molar-refractivity contribution in [1.29, 1.82) is 0 Å². The topological polar surface area (TPSA) is 104 Å². The molecule has 0 spiro atoms. The maximum absolute atomic E-state index is 13.9. The Kier molecular flexibility index (Phi) is 12.8. The fourth-order valence-electron chi connectivity index (χ4n) is 6.66. The number of nitrogens with one attached hydrogen (secondary N) is 1. The highest BCUT2D eigenvalue weighted by molar-refractivity contribution is 7.84. The number of carbonyl (C=O) groups is 1. The molecule has 10 nitrogen and oxygen atoms in total. The Morgan fingerprint density at radius 1 is 0.981 bits per heavy atom. The van der Waals surface area contributed by atoms with Crippen LogP contribution in [0.1, 0.15) is 64.6 Å². The zero-order chi connectivity index (χ0) is 37.3. The molecule has 5 aromatic rings. The highest BCUT2D eigenvalue weighted by atomic mass is 32.2. The second-order valence-electron chi connectivity index (χ2n) is 14.1. The average molecular weight is 737 g/mol. The number of anilines is 2. The standard InChI is InChI=1S/C42H52N6O4S/c1-6-8-20-51-21-22-52-37-13-9-31(10-14-37)32-11-16-39-34(23-32)24-33(17-19-47(39)27-30(3)4)41(49)44-35-12-15-38-40(25-35)46(5)42(45-38)53(50)28-36-26-43-29-48(36)18-7-2/h9-16,23-26,29-30H,6-8,17-22,27-28H2,1-5H3,(H,44,49). The largest absolute Gasteiger partial charge is 0.491 e. The summed E-state index contributed by atoms with van der Waals surface area (Å²) in [6, 6.07) is 20.3. The summed E-state index contributed by atoms with van der Waals surface area (Å²) in [5.74, 6) is 1.47. The first kappa shape index (κ1) is 38.0. The maximum Gasteiger partial charge on any atom is 0.251 e. The second-order valence-corrected chi connectivity index (χ2v) is 15.4. The van der Waals surface area contributed by atoms with Gasteiger partial charge in [0.25, 0.3) is 5.91 Å². The molecule has 0 fully saturated rings. The van der Waals surface area contributed by atoms with Crippen molar-refractivity contribution < 1.29 is 18.5 Å². The molecule has 0 aliphatic carbocycles. The summed E-state index contributed by atoms with van der Waals surface area (Å²) in [6.07, 6.45) is 9.36. The van der Waals surface area contributed by atoms with Gasteiger partial charge in [0.2, 0.25) is 0 Å². The van der Waals surface area contributed by atoms with E-state index < -0.39 is 10.8 Å². The van der Waals surface area contributed by atoms with Gasteiger partial charge in [0.1, 0.15) is 12.4 Å². The Labute approximate surface area is 315 Å². The predicted octanol–water partition coefficient (Wildman–Crippen LogP) is 8.24. The maximum atomic E-state index is 13.9. The van der Waals surface area contributed by atoms with Crippen LogP contribution in [0.2, 0.25) is 0 Å². The van der Waals surface area contributed by atoms with Gasteiger partial charge in [-0.3, -0.25) is 9.00 Å². The van der Waals surface area contributed by atoms with Gasteiger partial charge >= 0.3 is 0 Å². The van der Waals surface area contributed by atoms with Crippen molar-refractivity contribution in [2.45, 2.75) is 70.8 Å². The number of unbranched alkanes of at least 4 members (excludes halogenated alkanes) is 1. The summed E-state index contributed by atoms with van der Waals surface area (Å²) in [4.78, 5) is 25.2. The van der Waals surface area contributed by atoms with Gasteiger partial charge in [-0.1, -0.05) is 52.3 Å². The molecule has 1 N–H and O–H groups in total. The van der Waals surface area contributed by atoms with Crippen molar-refractivity contribution in [3.63, 3.8) is 0 Å². The minimum atomic E-state index is -1.36. The minimum Gasteiger partial charge on any atom is -0.491 e. The van der Waals surface area contributed by atoms with E-state index in [1.165, 1.54) is 0 Å². The number of aromatic nitrogens is 4. The fourth-order valence-corrected chi connectivity index (χ4v) is 7.91. The predicted molar refractivity (Wildman–Crippen MR) is 215 cm³/mol. The zero-order valence-electron chi connectivity index (χ0n) is 31.6. The molecule has 1 atom stereocenters. The van der Waals surface area contributed by atoms with Crippen molar-refractivity contribution in [2.75, 3.05) is 43.1 Å². The summed E-state index contributed by atoms with van der Waals surface area (Å²) in [5.41, 5.74) is 8.13. The van der Waals surface area contributed by atoms with Crippen LogP contribution in [0.4, 0.5) is 11.4 Å². The van der Waals surface area contributed by atoms with Crippen molar-refractivity contribution in [3.05, 3.63) is 90.0 Å². The van der Waals surface area contributed by atoms with Gasteiger partial charge in [0, 0.05) is 56.4 Å². The van der Waals surface area contributed by atoms with Gasteiger partial charge in [0.15, 0.2) is 5.16 Å². The van der Waals surface area contributed by atoms with Crippen molar-refractivity contribution >= 4 is 45.2 Å². The quantitative estimate of drug-likeness (QED) is 0.0960. The van der Waals surface area contributed by atoms with Gasteiger partial charge in [0.05, 0.1) is 46.2 Å². The van der Waals surface area contributed by atoms with Gasteiger partial charge in [-0.25, -0.2) is 9.97 Å². The fraction of sp³-hybridized carbons (Fsp3) is 0.405. The van der Waals surface area contributed by atoms with E-state index in [0.717, 1.165) is 95.9 Å². The van der Waals surface area contributed by atoms with Gasteiger partial charge in [-0.05, 0) is 90.4 Å². The summed E-state index contributed by atoms with van der Waals surface area (Å²) in [5, 5.41) is 3.64. The molecular formula is C42H52N6O4S. The number of imidazole rings is 2. The SMILES string of the molecule is CCCCOCCOc1ccc(-c2ccc3c(c2)C=C(C(=O)Nc2ccc4nc(S(=O)Cc5cncn5CCC)n(C)c4c2)CCN3CC(C)C)cc1. The van der Waals surface area contributed by atoms with E-state index in [-0.39, 0.29) is 5.91 Å². The number of benzene rings is 3. The lowest BCUT2D eigenvalue weighted by molar-refractivity contribution is -0.112. The van der Waals surface area contributed by atoms with Crippen molar-refractivity contribution in [2.24, 2.45) is 13.0 Å². The molecule has 3 aromatic carbocycles. The summed E-state index contributed by atoms with van der Waals surface area (Å²) < 4.78 is 28.9. The first-order valence-electron chi connectivity index (χ1n) is 18.8. The number of hydrogen-bond acceptors (Lipinski definition) is 7. The van der Waals surface area contributed by atoms with Crippen LogP contribution < -0.4 is 15.0 Å². The van der Waals surface area contributed by atoms with E-state index >= 15 is 0 Å². The van der Waals surface area contributed by atoms with E-state index in [4.69, 9.17) is 14.5 Å². The average Bonchev–Trinajstić information content (AvgIpc) is 3.67. The number of rotatable bonds is 17. The lowest BCUT2D eigenvalue weighted by Gasteiger charge is -2.27. The highest BCUT2D eigenvalue weighted by Crippen LogP contribution is 2.34. The Balaban J connectivity index is 1.19. The molecular weight excluding hydrogens is 685 g/mol. The smallest absolute Gasteiger partial charge is 0.251 e. The number of aryl methyl sites for hydroxylation is 2. The zero-order valence-corrected chi connectivity index (χ0v) is 32.5. The number of hydrogen-bond donors (Lipinski definition) is 1. The van der Waals surface area contributed by atoms with Crippen LogP contribution in [0.25, 0.3) is 28.2 Å². The highest BCUT2D eigenvalue weighted by Gasteiger charge is 2.22. The second kappa shape index (κ2) is 17.9. The first-order valence-corrected chi connectivity index (χ1v) is 20.1. The van der Waals surface area contributed by atoms with Gasteiger partial charge in [-0.15, -0.1) is 0 Å². The molecule has 2 aromatic heterocycles. The Bertz CT molecular complexity index is 2070. The van der Waals surface area contributed by atoms with E-state index in [0.29, 0.717) is 42.1 Å². The summed E-state index contributed by atoms with van der Waals surface area (Å²) in [6.45, 7) is 13.0. The molecule has 6 rings (SSSR count). The number of amides is 1. The van der Waals surface area contributed by atoms with E-state index in [1.54, 1.807) is 12.5 Å². The molecule has 280 valence electrons. The van der Waals surface area contributed by atoms with Crippen LogP contribution in [-0.4, -0.2) is 62.1 Å². The van der Waals surface area contributed by atoms with Crippen LogP contribution in [0.5, 0.6) is 5.75 Å². The lowest BCUT2D eigenvalue weighted by Crippen LogP contribution is -2.29. The van der Waals surface area contributed by atoms with Gasteiger partial charge in [-0.2, -0.15) is 0 Å². The molecule has 0 saturated carbocycles. The Morgan fingerprint density at radius 3 is 2.57 bits per heavy atom. The van der Waals surface area contributed by atoms with Crippen LogP contribution >= 0.6 is 0 Å². The van der Waals surface area contributed by atoms with E-state index in [2.05, 4.69) is 73.2 Å².